The number of carboxylic acid groups (broad SMARTS) is 1. The molecule has 0 heterocycles. The minimum absolute atomic E-state index is 0.00986. The van der Waals surface area contributed by atoms with Crippen molar-refractivity contribution in [3.8, 4) is 0 Å². The van der Waals surface area contributed by atoms with Crippen LogP contribution < -0.4 is 5.32 Å². The Morgan fingerprint density at radius 1 is 1.24 bits per heavy atom. The molecular formula is C13H23NO3. The van der Waals surface area contributed by atoms with Crippen LogP contribution >= 0.6 is 0 Å². The maximum absolute atomic E-state index is 12.1. The van der Waals surface area contributed by atoms with E-state index in [0.29, 0.717) is 5.92 Å². The van der Waals surface area contributed by atoms with Gasteiger partial charge in [-0.15, -0.1) is 0 Å². The Bertz CT molecular complexity index is 288. The minimum Gasteiger partial charge on any atom is -0.480 e. The molecule has 0 aromatic rings. The lowest BCUT2D eigenvalue weighted by atomic mass is 9.79. The maximum Gasteiger partial charge on any atom is 0.326 e. The summed E-state index contributed by atoms with van der Waals surface area (Å²) in [6.07, 6.45) is 4.20. The van der Waals surface area contributed by atoms with Gasteiger partial charge in [0.1, 0.15) is 6.04 Å². The lowest BCUT2D eigenvalue weighted by molar-refractivity contribution is -0.144. The molecule has 0 aliphatic heterocycles. The number of hydrogen-bond acceptors (Lipinski definition) is 2. The molecule has 4 heteroatoms. The number of hydrogen-bond donors (Lipinski definition) is 2. The molecule has 0 bridgehead atoms. The van der Waals surface area contributed by atoms with Crippen LogP contribution in [0.4, 0.5) is 0 Å². The molecule has 1 amide bonds. The molecule has 0 aromatic carbocycles. The van der Waals surface area contributed by atoms with E-state index < -0.39 is 12.0 Å². The number of rotatable bonds is 4. The first-order valence-corrected chi connectivity index (χ1v) is 6.46. The maximum atomic E-state index is 12.1. The number of carboxylic acids is 1. The van der Waals surface area contributed by atoms with Crippen molar-refractivity contribution in [2.75, 3.05) is 0 Å². The zero-order valence-electron chi connectivity index (χ0n) is 10.9. The molecular weight excluding hydrogens is 218 g/mol. The third-order valence-electron chi connectivity index (χ3n) is 3.68. The third kappa shape index (κ3) is 3.72. The highest BCUT2D eigenvalue weighted by Gasteiger charge is 2.31. The van der Waals surface area contributed by atoms with Gasteiger partial charge in [0.2, 0.25) is 5.91 Å². The van der Waals surface area contributed by atoms with E-state index in [0.717, 1.165) is 19.3 Å². The quantitative estimate of drug-likeness (QED) is 0.791. The van der Waals surface area contributed by atoms with Gasteiger partial charge in [0.25, 0.3) is 0 Å². The van der Waals surface area contributed by atoms with Gasteiger partial charge in [-0.3, -0.25) is 4.79 Å². The lowest BCUT2D eigenvalue weighted by Gasteiger charge is -2.29. The molecule has 1 aliphatic carbocycles. The zero-order chi connectivity index (χ0) is 13.0. The van der Waals surface area contributed by atoms with Gasteiger partial charge in [-0.05, 0) is 24.7 Å². The molecule has 0 radical (unpaired) electrons. The zero-order valence-corrected chi connectivity index (χ0v) is 10.9. The summed E-state index contributed by atoms with van der Waals surface area (Å²) in [7, 11) is 0. The predicted molar refractivity (Wildman–Crippen MR) is 65.5 cm³/mol. The van der Waals surface area contributed by atoms with E-state index in [4.69, 9.17) is 5.11 Å². The SMILES string of the molecule is CC1CCCCC1C(=O)N[C@@H](C(=O)O)C(C)C. The standard InChI is InChI=1S/C13H23NO3/c1-8(2)11(13(16)17)14-12(15)10-7-5-4-6-9(10)3/h8-11H,4-7H2,1-3H3,(H,14,15)(H,16,17)/t9?,10?,11-/m1/s1. The van der Waals surface area contributed by atoms with Crippen LogP contribution in [0.3, 0.4) is 0 Å². The largest absolute Gasteiger partial charge is 0.480 e. The van der Waals surface area contributed by atoms with Crippen LogP contribution in [-0.4, -0.2) is 23.0 Å². The molecule has 2 unspecified atom stereocenters. The molecule has 1 fully saturated rings. The molecule has 17 heavy (non-hydrogen) atoms. The summed E-state index contributed by atoms with van der Waals surface area (Å²) in [5.74, 6) is -0.764. The Balaban J connectivity index is 2.60. The lowest BCUT2D eigenvalue weighted by Crippen LogP contribution is -2.48. The molecule has 1 rings (SSSR count). The van der Waals surface area contributed by atoms with E-state index in [-0.39, 0.29) is 17.7 Å². The van der Waals surface area contributed by atoms with Gasteiger partial charge in [-0.2, -0.15) is 0 Å². The average Bonchev–Trinajstić information content (AvgIpc) is 2.25. The van der Waals surface area contributed by atoms with Crippen LogP contribution in [0.25, 0.3) is 0 Å². The smallest absolute Gasteiger partial charge is 0.326 e. The van der Waals surface area contributed by atoms with Crippen LogP contribution in [0.2, 0.25) is 0 Å². The second-order valence-corrected chi connectivity index (χ2v) is 5.44. The summed E-state index contributed by atoms with van der Waals surface area (Å²) in [4.78, 5) is 23.1. The molecule has 1 aliphatic rings. The van der Waals surface area contributed by atoms with Crippen LogP contribution in [0.15, 0.2) is 0 Å². The van der Waals surface area contributed by atoms with E-state index in [1.807, 2.05) is 13.8 Å². The Morgan fingerprint density at radius 3 is 2.29 bits per heavy atom. The molecule has 3 atom stereocenters. The van der Waals surface area contributed by atoms with E-state index in [2.05, 4.69) is 12.2 Å². The van der Waals surface area contributed by atoms with Gasteiger partial charge in [0.05, 0.1) is 0 Å². The summed E-state index contributed by atoms with van der Waals surface area (Å²) in [5.41, 5.74) is 0. The fourth-order valence-electron chi connectivity index (χ4n) is 2.48. The van der Waals surface area contributed by atoms with Crippen molar-refractivity contribution in [3.05, 3.63) is 0 Å². The number of carbonyl (C=O) groups is 2. The van der Waals surface area contributed by atoms with Crippen LogP contribution in [0, 0.1) is 17.8 Å². The van der Waals surface area contributed by atoms with E-state index in [1.54, 1.807) is 0 Å². The predicted octanol–water partition coefficient (Wildman–Crippen LogP) is 2.04. The van der Waals surface area contributed by atoms with Crippen molar-refractivity contribution in [2.24, 2.45) is 17.8 Å². The first-order valence-electron chi connectivity index (χ1n) is 6.46. The number of aliphatic carboxylic acids is 1. The minimum atomic E-state index is -0.947. The molecule has 0 aromatic heterocycles. The van der Waals surface area contributed by atoms with Crippen molar-refractivity contribution >= 4 is 11.9 Å². The van der Waals surface area contributed by atoms with Gasteiger partial charge in [-0.1, -0.05) is 33.6 Å². The number of amides is 1. The van der Waals surface area contributed by atoms with Crippen molar-refractivity contribution in [2.45, 2.75) is 52.5 Å². The summed E-state index contributed by atoms with van der Waals surface area (Å²) >= 11 is 0. The van der Waals surface area contributed by atoms with Crippen molar-refractivity contribution in [1.29, 1.82) is 0 Å². The van der Waals surface area contributed by atoms with Gasteiger partial charge >= 0.3 is 5.97 Å². The summed E-state index contributed by atoms with van der Waals surface area (Å²) in [6.45, 7) is 5.70. The number of carbonyl (C=O) groups excluding carboxylic acids is 1. The highest BCUT2D eigenvalue weighted by atomic mass is 16.4. The van der Waals surface area contributed by atoms with Gasteiger partial charge in [0.15, 0.2) is 0 Å². The normalized spacial score (nSPS) is 26.6. The fraction of sp³-hybridized carbons (Fsp3) is 0.846. The molecule has 0 spiro atoms. The highest BCUT2D eigenvalue weighted by Crippen LogP contribution is 2.29. The summed E-state index contributed by atoms with van der Waals surface area (Å²) < 4.78 is 0. The summed E-state index contributed by atoms with van der Waals surface area (Å²) in [5, 5.41) is 11.7. The molecule has 1 saturated carbocycles. The van der Waals surface area contributed by atoms with Crippen LogP contribution in [0.5, 0.6) is 0 Å². The highest BCUT2D eigenvalue weighted by molar-refractivity contribution is 5.85. The molecule has 2 N–H and O–H groups in total. The average molecular weight is 241 g/mol. The van der Waals surface area contributed by atoms with Crippen LogP contribution in [0.1, 0.15) is 46.5 Å². The summed E-state index contributed by atoms with van der Waals surface area (Å²) in [6, 6.07) is -0.767. The Hall–Kier alpha value is -1.06. The molecule has 98 valence electrons. The van der Waals surface area contributed by atoms with Crippen LogP contribution in [-0.2, 0) is 9.59 Å². The third-order valence-corrected chi connectivity index (χ3v) is 3.68. The molecule has 0 saturated heterocycles. The van der Waals surface area contributed by atoms with Crippen molar-refractivity contribution < 1.29 is 14.7 Å². The monoisotopic (exact) mass is 241 g/mol. The fourth-order valence-corrected chi connectivity index (χ4v) is 2.48. The number of nitrogens with one attached hydrogen (secondary N) is 1. The Labute approximate surface area is 103 Å². The second-order valence-electron chi connectivity index (χ2n) is 5.44. The topological polar surface area (TPSA) is 66.4 Å². The van der Waals surface area contributed by atoms with E-state index in [9.17, 15) is 9.59 Å². The van der Waals surface area contributed by atoms with Gasteiger partial charge < -0.3 is 10.4 Å². The first-order chi connectivity index (χ1) is 7.93. The second kappa shape index (κ2) is 6.03. The van der Waals surface area contributed by atoms with E-state index in [1.165, 1.54) is 6.42 Å². The van der Waals surface area contributed by atoms with Crippen molar-refractivity contribution in [1.82, 2.24) is 5.32 Å². The van der Waals surface area contributed by atoms with Gasteiger partial charge in [0, 0.05) is 5.92 Å². The Morgan fingerprint density at radius 2 is 1.82 bits per heavy atom. The van der Waals surface area contributed by atoms with Gasteiger partial charge in [-0.25, -0.2) is 4.79 Å². The van der Waals surface area contributed by atoms with Crippen molar-refractivity contribution in [3.63, 3.8) is 0 Å². The molecule has 4 nitrogen and oxygen atoms in total. The Kier molecular flexibility index (Phi) is 4.97. The first kappa shape index (κ1) is 14.0. The van der Waals surface area contributed by atoms with E-state index >= 15 is 0 Å².